The van der Waals surface area contributed by atoms with E-state index in [0.29, 0.717) is 18.8 Å². The Hall–Kier alpha value is -3.41. The van der Waals surface area contributed by atoms with Gasteiger partial charge in [0.2, 0.25) is 0 Å². The second kappa shape index (κ2) is 8.80. The van der Waals surface area contributed by atoms with Crippen LogP contribution in [-0.2, 0) is 6.42 Å². The van der Waals surface area contributed by atoms with Crippen LogP contribution in [-0.4, -0.2) is 29.8 Å². The van der Waals surface area contributed by atoms with Gasteiger partial charge in [0.05, 0.1) is 7.11 Å². The minimum atomic E-state index is -0.250. The van der Waals surface area contributed by atoms with E-state index in [2.05, 4.69) is 20.8 Å². The van der Waals surface area contributed by atoms with Crippen molar-refractivity contribution in [3.05, 3.63) is 77.5 Å². The predicted octanol–water partition coefficient (Wildman–Crippen LogP) is 3.51. The van der Waals surface area contributed by atoms with Crippen molar-refractivity contribution in [1.82, 2.24) is 15.5 Å². The number of ether oxygens (including phenoxy) is 1. The number of anilines is 2. The molecule has 0 saturated heterocycles. The number of rotatable bonds is 7. The SMILES string of the molecule is COc1ccccc1CCNC(=O)c1ccc(Nc2cccc(C)c2)nn1. The average Bonchev–Trinajstić information content (AvgIpc) is 2.69. The van der Waals surface area contributed by atoms with Crippen LogP contribution in [0.4, 0.5) is 11.5 Å². The molecule has 6 heteroatoms. The van der Waals surface area contributed by atoms with Gasteiger partial charge in [0.25, 0.3) is 5.91 Å². The summed E-state index contributed by atoms with van der Waals surface area (Å²) in [5.74, 6) is 1.16. The Kier molecular flexibility index (Phi) is 5.99. The van der Waals surface area contributed by atoms with Crippen LogP contribution < -0.4 is 15.4 Å². The lowest BCUT2D eigenvalue weighted by molar-refractivity contribution is 0.0948. The lowest BCUT2D eigenvalue weighted by Crippen LogP contribution is -2.26. The summed E-state index contributed by atoms with van der Waals surface area (Å²) in [4.78, 5) is 12.2. The van der Waals surface area contributed by atoms with Gasteiger partial charge in [-0.25, -0.2) is 0 Å². The van der Waals surface area contributed by atoms with Crippen molar-refractivity contribution in [3.8, 4) is 5.75 Å². The van der Waals surface area contributed by atoms with Crippen LogP contribution in [0.1, 0.15) is 21.6 Å². The van der Waals surface area contributed by atoms with E-state index < -0.39 is 0 Å². The minimum Gasteiger partial charge on any atom is -0.496 e. The van der Waals surface area contributed by atoms with E-state index in [9.17, 15) is 4.79 Å². The molecule has 0 atom stereocenters. The van der Waals surface area contributed by atoms with Crippen LogP contribution in [0.15, 0.2) is 60.7 Å². The fourth-order valence-corrected chi connectivity index (χ4v) is 2.70. The first-order chi connectivity index (χ1) is 13.2. The molecule has 1 amide bonds. The summed E-state index contributed by atoms with van der Waals surface area (Å²) in [6.07, 6.45) is 0.677. The maximum Gasteiger partial charge on any atom is 0.271 e. The highest BCUT2D eigenvalue weighted by Gasteiger charge is 2.09. The number of aryl methyl sites for hydroxylation is 1. The van der Waals surface area contributed by atoms with E-state index in [1.165, 1.54) is 0 Å². The van der Waals surface area contributed by atoms with Gasteiger partial charge in [-0.05, 0) is 54.8 Å². The van der Waals surface area contributed by atoms with Gasteiger partial charge < -0.3 is 15.4 Å². The fraction of sp³-hybridized carbons (Fsp3) is 0.190. The van der Waals surface area contributed by atoms with E-state index >= 15 is 0 Å². The van der Waals surface area contributed by atoms with Gasteiger partial charge in [-0.1, -0.05) is 30.3 Å². The van der Waals surface area contributed by atoms with Gasteiger partial charge in [-0.3, -0.25) is 4.79 Å². The molecule has 0 aliphatic rings. The molecule has 0 aliphatic heterocycles. The summed E-state index contributed by atoms with van der Waals surface area (Å²) < 4.78 is 5.31. The Bertz CT molecular complexity index is 910. The maximum absolute atomic E-state index is 12.2. The lowest BCUT2D eigenvalue weighted by Gasteiger charge is -2.09. The Morgan fingerprint density at radius 3 is 2.63 bits per heavy atom. The number of para-hydroxylation sites is 1. The summed E-state index contributed by atoms with van der Waals surface area (Å²) >= 11 is 0. The highest BCUT2D eigenvalue weighted by Crippen LogP contribution is 2.17. The highest BCUT2D eigenvalue weighted by atomic mass is 16.5. The zero-order chi connectivity index (χ0) is 19.1. The third-order valence-corrected chi connectivity index (χ3v) is 4.06. The van der Waals surface area contributed by atoms with Crippen molar-refractivity contribution in [2.75, 3.05) is 19.0 Å². The first-order valence-corrected chi connectivity index (χ1v) is 8.73. The molecular weight excluding hydrogens is 340 g/mol. The van der Waals surface area contributed by atoms with E-state index in [1.807, 2.05) is 55.5 Å². The van der Waals surface area contributed by atoms with Crippen molar-refractivity contribution in [2.24, 2.45) is 0 Å². The summed E-state index contributed by atoms with van der Waals surface area (Å²) in [7, 11) is 1.64. The van der Waals surface area contributed by atoms with Gasteiger partial charge in [-0.15, -0.1) is 10.2 Å². The van der Waals surface area contributed by atoms with Crippen LogP contribution in [0.2, 0.25) is 0 Å². The van der Waals surface area contributed by atoms with Crippen molar-refractivity contribution in [3.63, 3.8) is 0 Å². The molecule has 0 saturated carbocycles. The molecule has 27 heavy (non-hydrogen) atoms. The number of amides is 1. The lowest BCUT2D eigenvalue weighted by atomic mass is 10.1. The average molecular weight is 362 g/mol. The molecule has 3 rings (SSSR count). The van der Waals surface area contributed by atoms with Gasteiger partial charge in [0.1, 0.15) is 5.75 Å². The molecule has 3 aromatic rings. The summed E-state index contributed by atoms with van der Waals surface area (Å²) in [6, 6.07) is 19.1. The van der Waals surface area contributed by atoms with Crippen molar-refractivity contribution < 1.29 is 9.53 Å². The van der Waals surface area contributed by atoms with Gasteiger partial charge in [-0.2, -0.15) is 0 Å². The Morgan fingerprint density at radius 1 is 1.04 bits per heavy atom. The summed E-state index contributed by atoms with van der Waals surface area (Å²) in [5.41, 5.74) is 3.41. The molecule has 0 aliphatic carbocycles. The Labute approximate surface area is 158 Å². The molecule has 1 aromatic heterocycles. The number of aromatic nitrogens is 2. The normalized spacial score (nSPS) is 10.3. The van der Waals surface area contributed by atoms with Gasteiger partial charge in [0, 0.05) is 12.2 Å². The molecular formula is C21H22N4O2. The van der Waals surface area contributed by atoms with Crippen LogP contribution in [0.25, 0.3) is 0 Å². The monoisotopic (exact) mass is 362 g/mol. The molecule has 1 heterocycles. The topological polar surface area (TPSA) is 76.1 Å². The standard InChI is InChI=1S/C21H22N4O2/c1-15-6-5-8-17(14-15)23-20-11-10-18(24-25-20)21(26)22-13-12-16-7-3-4-9-19(16)27-2/h3-11,14H,12-13H2,1-2H3,(H,22,26)(H,23,25). The van der Waals surface area contributed by atoms with E-state index in [0.717, 1.165) is 22.6 Å². The van der Waals surface area contributed by atoms with Crippen LogP contribution in [0.5, 0.6) is 5.75 Å². The molecule has 2 aromatic carbocycles. The largest absolute Gasteiger partial charge is 0.496 e. The Balaban J connectivity index is 1.54. The van der Waals surface area contributed by atoms with Crippen LogP contribution in [0.3, 0.4) is 0 Å². The van der Waals surface area contributed by atoms with Gasteiger partial charge in [0.15, 0.2) is 11.5 Å². The Morgan fingerprint density at radius 2 is 1.89 bits per heavy atom. The minimum absolute atomic E-state index is 0.250. The second-order valence-electron chi connectivity index (χ2n) is 6.12. The van der Waals surface area contributed by atoms with Crippen LogP contribution in [0, 0.1) is 6.92 Å². The molecule has 0 fully saturated rings. The van der Waals surface area contributed by atoms with Crippen LogP contribution >= 0.6 is 0 Å². The molecule has 2 N–H and O–H groups in total. The molecule has 0 bridgehead atoms. The quantitative estimate of drug-likeness (QED) is 0.673. The van der Waals surface area contributed by atoms with E-state index in [-0.39, 0.29) is 11.6 Å². The number of carbonyl (C=O) groups excluding carboxylic acids is 1. The molecule has 6 nitrogen and oxygen atoms in total. The number of methoxy groups -OCH3 is 1. The smallest absolute Gasteiger partial charge is 0.271 e. The first-order valence-electron chi connectivity index (χ1n) is 8.73. The molecule has 0 radical (unpaired) electrons. The van der Waals surface area contributed by atoms with Gasteiger partial charge >= 0.3 is 0 Å². The first kappa shape index (κ1) is 18.4. The molecule has 0 unspecified atom stereocenters. The van der Waals surface area contributed by atoms with Crippen molar-refractivity contribution >= 4 is 17.4 Å². The molecule has 138 valence electrons. The zero-order valence-corrected chi connectivity index (χ0v) is 15.4. The number of hydrogen-bond acceptors (Lipinski definition) is 5. The zero-order valence-electron chi connectivity index (χ0n) is 15.4. The summed E-state index contributed by atoms with van der Waals surface area (Å²) in [6.45, 7) is 2.51. The predicted molar refractivity (Wildman–Crippen MR) is 106 cm³/mol. The van der Waals surface area contributed by atoms with Crippen molar-refractivity contribution in [2.45, 2.75) is 13.3 Å². The third kappa shape index (κ3) is 5.04. The van der Waals surface area contributed by atoms with Crippen molar-refractivity contribution in [1.29, 1.82) is 0 Å². The fourth-order valence-electron chi connectivity index (χ4n) is 2.70. The number of benzene rings is 2. The van der Waals surface area contributed by atoms with E-state index in [1.54, 1.807) is 19.2 Å². The number of nitrogens with one attached hydrogen (secondary N) is 2. The third-order valence-electron chi connectivity index (χ3n) is 4.06. The molecule has 0 spiro atoms. The summed E-state index contributed by atoms with van der Waals surface area (Å²) in [5, 5.41) is 14.1. The maximum atomic E-state index is 12.2. The number of carbonyl (C=O) groups is 1. The second-order valence-corrected chi connectivity index (χ2v) is 6.12. The number of nitrogens with zero attached hydrogens (tertiary/aromatic N) is 2. The highest BCUT2D eigenvalue weighted by molar-refractivity contribution is 5.92. The number of hydrogen-bond donors (Lipinski definition) is 2. The van der Waals surface area contributed by atoms with E-state index in [4.69, 9.17) is 4.74 Å².